The summed E-state index contributed by atoms with van der Waals surface area (Å²) in [5.74, 6) is -0.0349. The molecule has 0 bridgehead atoms. The van der Waals surface area contributed by atoms with E-state index in [0.29, 0.717) is 12.0 Å². The number of hydrogen-bond donors (Lipinski definition) is 2. The molecule has 2 unspecified atom stereocenters. The number of rotatable bonds is 6. The maximum absolute atomic E-state index is 10.8. The summed E-state index contributed by atoms with van der Waals surface area (Å²) in [5, 5.41) is 12.3. The van der Waals surface area contributed by atoms with Crippen LogP contribution in [0.15, 0.2) is 0 Å². The Morgan fingerprint density at radius 3 is 2.65 bits per heavy atom. The third-order valence-corrected chi connectivity index (χ3v) is 3.57. The number of carboxylic acid groups (broad SMARTS) is 1. The van der Waals surface area contributed by atoms with E-state index in [4.69, 9.17) is 5.11 Å². The van der Waals surface area contributed by atoms with Crippen LogP contribution in [0.2, 0.25) is 0 Å². The predicted molar refractivity (Wildman–Crippen MR) is 69.2 cm³/mol. The second-order valence-corrected chi connectivity index (χ2v) is 5.45. The molecule has 4 heteroatoms. The Balaban J connectivity index is 2.49. The highest BCUT2D eigenvalue weighted by atomic mass is 16.4. The first-order valence-corrected chi connectivity index (χ1v) is 6.69. The van der Waals surface area contributed by atoms with Gasteiger partial charge >= 0.3 is 5.97 Å². The first-order valence-electron chi connectivity index (χ1n) is 6.69. The summed E-state index contributed by atoms with van der Waals surface area (Å²) in [6.07, 6.45) is 2.73. The predicted octanol–water partition coefficient (Wildman–Crippen LogP) is 1.56. The highest BCUT2D eigenvalue weighted by Crippen LogP contribution is 2.17. The minimum absolute atomic E-state index is 0.120. The van der Waals surface area contributed by atoms with Crippen molar-refractivity contribution in [2.75, 3.05) is 19.6 Å². The third-order valence-electron chi connectivity index (χ3n) is 3.57. The molecule has 0 saturated carbocycles. The lowest BCUT2D eigenvalue weighted by atomic mass is 9.97. The van der Waals surface area contributed by atoms with Crippen LogP contribution in [0.1, 0.15) is 40.0 Å². The topological polar surface area (TPSA) is 52.6 Å². The van der Waals surface area contributed by atoms with Crippen molar-refractivity contribution in [3.8, 4) is 0 Å². The average molecular weight is 242 g/mol. The Morgan fingerprint density at radius 1 is 1.47 bits per heavy atom. The summed E-state index contributed by atoms with van der Waals surface area (Å²) < 4.78 is 0. The highest BCUT2D eigenvalue weighted by molar-refractivity contribution is 5.67. The summed E-state index contributed by atoms with van der Waals surface area (Å²) in [6.45, 7) is 9.53. The van der Waals surface area contributed by atoms with Crippen molar-refractivity contribution >= 4 is 5.97 Å². The van der Waals surface area contributed by atoms with Crippen molar-refractivity contribution in [3.63, 3.8) is 0 Å². The van der Waals surface area contributed by atoms with Gasteiger partial charge in [-0.1, -0.05) is 0 Å². The molecular weight excluding hydrogens is 216 g/mol. The van der Waals surface area contributed by atoms with Crippen LogP contribution in [0.25, 0.3) is 0 Å². The molecule has 0 aromatic heterocycles. The molecule has 0 aromatic rings. The Morgan fingerprint density at radius 2 is 2.18 bits per heavy atom. The molecule has 2 atom stereocenters. The van der Waals surface area contributed by atoms with Crippen LogP contribution in [0.3, 0.4) is 0 Å². The van der Waals surface area contributed by atoms with E-state index in [1.165, 1.54) is 12.8 Å². The third kappa shape index (κ3) is 5.04. The van der Waals surface area contributed by atoms with Gasteiger partial charge in [-0.3, -0.25) is 9.69 Å². The van der Waals surface area contributed by atoms with E-state index in [0.717, 1.165) is 19.6 Å². The van der Waals surface area contributed by atoms with Gasteiger partial charge in [-0.05, 0) is 52.6 Å². The van der Waals surface area contributed by atoms with E-state index in [9.17, 15) is 4.79 Å². The minimum atomic E-state index is -0.704. The van der Waals surface area contributed by atoms with Gasteiger partial charge in [0.05, 0.1) is 6.42 Å². The largest absolute Gasteiger partial charge is 0.481 e. The van der Waals surface area contributed by atoms with Crippen LogP contribution in [-0.2, 0) is 4.79 Å². The standard InChI is InChI=1S/C13H26N2O2/c1-10(2)15(11(3)7-13(16)17)9-12-5-4-6-14-8-12/h10-12,14H,4-9H2,1-3H3,(H,16,17). The molecule has 4 nitrogen and oxygen atoms in total. The second-order valence-electron chi connectivity index (χ2n) is 5.45. The van der Waals surface area contributed by atoms with Crippen molar-refractivity contribution in [2.45, 2.75) is 52.1 Å². The Labute approximate surface area is 104 Å². The molecule has 0 radical (unpaired) electrons. The molecule has 1 aliphatic heterocycles. The quantitative estimate of drug-likeness (QED) is 0.742. The summed E-state index contributed by atoms with van der Waals surface area (Å²) in [5.41, 5.74) is 0. The summed E-state index contributed by atoms with van der Waals surface area (Å²) in [6, 6.07) is 0.528. The molecule has 0 spiro atoms. The van der Waals surface area contributed by atoms with Gasteiger partial charge in [-0.25, -0.2) is 0 Å². The second kappa shape index (κ2) is 6.97. The summed E-state index contributed by atoms with van der Waals surface area (Å²) in [4.78, 5) is 13.1. The summed E-state index contributed by atoms with van der Waals surface area (Å²) >= 11 is 0. The summed E-state index contributed by atoms with van der Waals surface area (Å²) in [7, 11) is 0. The zero-order valence-corrected chi connectivity index (χ0v) is 11.3. The SMILES string of the molecule is CC(C)N(CC1CCCNC1)C(C)CC(=O)O. The van der Waals surface area contributed by atoms with Crippen molar-refractivity contribution in [1.82, 2.24) is 10.2 Å². The number of piperidine rings is 1. The number of nitrogens with one attached hydrogen (secondary N) is 1. The molecular formula is C13H26N2O2. The molecule has 0 amide bonds. The zero-order valence-electron chi connectivity index (χ0n) is 11.3. The van der Waals surface area contributed by atoms with Gasteiger partial charge in [-0.2, -0.15) is 0 Å². The maximum atomic E-state index is 10.8. The minimum Gasteiger partial charge on any atom is -0.481 e. The molecule has 17 heavy (non-hydrogen) atoms. The van der Waals surface area contributed by atoms with Crippen molar-refractivity contribution in [3.05, 3.63) is 0 Å². The fourth-order valence-corrected chi connectivity index (χ4v) is 2.65. The monoisotopic (exact) mass is 242 g/mol. The maximum Gasteiger partial charge on any atom is 0.304 e. The van der Waals surface area contributed by atoms with Crippen molar-refractivity contribution in [1.29, 1.82) is 0 Å². The normalized spacial score (nSPS) is 23.0. The number of aliphatic carboxylic acids is 1. The van der Waals surface area contributed by atoms with Crippen LogP contribution < -0.4 is 5.32 Å². The van der Waals surface area contributed by atoms with E-state index in [2.05, 4.69) is 24.1 Å². The van der Waals surface area contributed by atoms with Crippen LogP contribution in [0.5, 0.6) is 0 Å². The van der Waals surface area contributed by atoms with Gasteiger partial charge in [-0.15, -0.1) is 0 Å². The number of carbonyl (C=O) groups is 1. The highest BCUT2D eigenvalue weighted by Gasteiger charge is 2.23. The van der Waals surface area contributed by atoms with Crippen LogP contribution in [-0.4, -0.2) is 47.7 Å². The van der Waals surface area contributed by atoms with E-state index in [-0.39, 0.29) is 12.5 Å². The number of hydrogen-bond acceptors (Lipinski definition) is 3. The molecule has 0 aromatic carbocycles. The van der Waals surface area contributed by atoms with E-state index >= 15 is 0 Å². The lowest BCUT2D eigenvalue weighted by Gasteiger charge is -2.36. The van der Waals surface area contributed by atoms with Gasteiger partial charge in [0.25, 0.3) is 0 Å². The molecule has 1 aliphatic rings. The molecule has 1 heterocycles. The van der Waals surface area contributed by atoms with Gasteiger partial charge in [0.1, 0.15) is 0 Å². The van der Waals surface area contributed by atoms with Crippen molar-refractivity contribution in [2.24, 2.45) is 5.92 Å². The van der Waals surface area contributed by atoms with E-state index < -0.39 is 5.97 Å². The molecule has 1 rings (SSSR count). The molecule has 1 saturated heterocycles. The molecule has 1 fully saturated rings. The Hall–Kier alpha value is -0.610. The van der Waals surface area contributed by atoms with E-state index in [1.807, 2.05) is 6.92 Å². The van der Waals surface area contributed by atoms with Gasteiger partial charge in [0, 0.05) is 18.6 Å². The lowest BCUT2D eigenvalue weighted by Crippen LogP contribution is -2.45. The fourth-order valence-electron chi connectivity index (χ4n) is 2.65. The Kier molecular flexibility index (Phi) is 5.92. The number of carboxylic acids is 1. The van der Waals surface area contributed by atoms with Crippen LogP contribution in [0.4, 0.5) is 0 Å². The van der Waals surface area contributed by atoms with Gasteiger partial charge in [0.2, 0.25) is 0 Å². The fraction of sp³-hybridized carbons (Fsp3) is 0.923. The van der Waals surface area contributed by atoms with Crippen LogP contribution in [0, 0.1) is 5.92 Å². The lowest BCUT2D eigenvalue weighted by molar-refractivity contribution is -0.138. The van der Waals surface area contributed by atoms with Crippen molar-refractivity contribution < 1.29 is 9.90 Å². The first kappa shape index (κ1) is 14.5. The molecule has 0 aliphatic carbocycles. The average Bonchev–Trinajstić information content (AvgIpc) is 2.25. The molecule has 2 N–H and O–H groups in total. The zero-order chi connectivity index (χ0) is 12.8. The Bertz CT molecular complexity index is 238. The molecule has 100 valence electrons. The van der Waals surface area contributed by atoms with Gasteiger partial charge < -0.3 is 10.4 Å². The van der Waals surface area contributed by atoms with E-state index in [1.54, 1.807) is 0 Å². The van der Waals surface area contributed by atoms with Gasteiger partial charge in [0.15, 0.2) is 0 Å². The first-order chi connectivity index (χ1) is 8.00. The number of nitrogens with zero attached hydrogens (tertiary/aromatic N) is 1. The van der Waals surface area contributed by atoms with Crippen LogP contribution >= 0.6 is 0 Å². The smallest absolute Gasteiger partial charge is 0.304 e.